The van der Waals surface area contributed by atoms with Gasteiger partial charge >= 0.3 is 0 Å². The van der Waals surface area contributed by atoms with Crippen molar-refractivity contribution in [2.24, 2.45) is 0 Å². The van der Waals surface area contributed by atoms with Crippen molar-refractivity contribution >= 4 is 72.0 Å². The summed E-state index contributed by atoms with van der Waals surface area (Å²) in [5.41, 5.74) is 18.1. The second-order valence-electron chi connectivity index (χ2n) is 18.7. The number of fused-ring (bicyclic) bond motifs is 10. The average molecular weight is 839 g/mol. The van der Waals surface area contributed by atoms with Crippen LogP contribution in [-0.4, -0.2) is 9.13 Å². The summed E-state index contributed by atoms with van der Waals surface area (Å²) in [6, 6.07) is 65.1. The maximum atomic E-state index is 4.77. The Kier molecular flexibility index (Phi) is 8.57. The number of allylic oxidation sites excluding steroid dienone is 4. The first kappa shape index (κ1) is 38.8. The van der Waals surface area contributed by atoms with Crippen LogP contribution >= 0.6 is 0 Å². The van der Waals surface area contributed by atoms with E-state index in [4.69, 9.17) is 6.58 Å². The smallest absolute Gasteiger partial charge is 0.0541 e. The molecule has 0 radical (unpaired) electrons. The van der Waals surface area contributed by atoms with Gasteiger partial charge in [-0.1, -0.05) is 143 Å². The lowest BCUT2D eigenvalue weighted by molar-refractivity contribution is 0.614. The van der Waals surface area contributed by atoms with Gasteiger partial charge in [0, 0.05) is 55.1 Å². The van der Waals surface area contributed by atoms with Gasteiger partial charge in [0.25, 0.3) is 0 Å². The Morgan fingerprint density at radius 2 is 0.831 bits per heavy atom. The van der Waals surface area contributed by atoms with E-state index in [9.17, 15) is 0 Å². The van der Waals surface area contributed by atoms with Crippen LogP contribution in [0.3, 0.4) is 0 Å². The normalized spacial score (nSPS) is 15.0. The molecule has 0 unspecified atom stereocenters. The Balaban J connectivity index is 1.09. The highest BCUT2D eigenvalue weighted by Crippen LogP contribution is 2.58. The zero-order valence-corrected chi connectivity index (χ0v) is 37.5. The Morgan fingerprint density at radius 3 is 1.34 bits per heavy atom. The second-order valence-corrected chi connectivity index (χ2v) is 18.7. The maximum Gasteiger partial charge on any atom is 0.0541 e. The summed E-state index contributed by atoms with van der Waals surface area (Å²) >= 11 is 0. The van der Waals surface area contributed by atoms with Crippen molar-refractivity contribution in [3.8, 4) is 11.4 Å². The van der Waals surface area contributed by atoms with E-state index < -0.39 is 0 Å². The number of anilines is 5. The summed E-state index contributed by atoms with van der Waals surface area (Å²) in [5, 5.41) is 5.04. The van der Waals surface area contributed by atoms with E-state index in [0.29, 0.717) is 0 Å². The van der Waals surface area contributed by atoms with Gasteiger partial charge in [-0.05, 0) is 120 Å². The first-order chi connectivity index (χ1) is 31.7. The van der Waals surface area contributed by atoms with E-state index in [1.165, 1.54) is 77.2 Å². The third-order valence-corrected chi connectivity index (χ3v) is 14.3. The molecule has 2 aromatic heterocycles. The monoisotopic (exact) mass is 838 g/mol. The average Bonchev–Trinajstić information content (AvgIpc) is 3.85. The van der Waals surface area contributed by atoms with Gasteiger partial charge < -0.3 is 18.9 Å². The van der Waals surface area contributed by atoms with E-state index in [-0.39, 0.29) is 10.8 Å². The molecular formula is C61H50N4. The van der Waals surface area contributed by atoms with Crippen LogP contribution in [0.2, 0.25) is 0 Å². The number of rotatable bonds is 6. The number of hydrogen-bond donors (Lipinski definition) is 0. The number of benzene rings is 8. The molecule has 0 aliphatic carbocycles. The van der Waals surface area contributed by atoms with Gasteiger partial charge in [0.1, 0.15) is 0 Å². The van der Waals surface area contributed by atoms with Crippen LogP contribution in [0.15, 0.2) is 213 Å². The fourth-order valence-corrected chi connectivity index (χ4v) is 11.1. The predicted octanol–water partition coefficient (Wildman–Crippen LogP) is 16.4. The van der Waals surface area contributed by atoms with Crippen LogP contribution in [-0.2, 0) is 10.8 Å². The number of aromatic nitrogens is 2. The van der Waals surface area contributed by atoms with Crippen molar-refractivity contribution in [1.82, 2.24) is 9.13 Å². The van der Waals surface area contributed by atoms with Crippen LogP contribution in [0.5, 0.6) is 0 Å². The number of hydrogen-bond acceptors (Lipinski definition) is 2. The Bertz CT molecular complexity index is 3540. The molecule has 0 fully saturated rings. The van der Waals surface area contributed by atoms with Crippen LogP contribution in [0.1, 0.15) is 56.9 Å². The molecule has 4 heteroatoms. The van der Waals surface area contributed by atoms with Crippen molar-refractivity contribution in [3.63, 3.8) is 0 Å². The van der Waals surface area contributed by atoms with Gasteiger partial charge in [0.2, 0.25) is 0 Å². The summed E-state index contributed by atoms with van der Waals surface area (Å²) in [6.07, 6.45) is 8.37. The molecule has 2 aliphatic rings. The summed E-state index contributed by atoms with van der Waals surface area (Å²) < 4.78 is 4.87. The summed E-state index contributed by atoms with van der Waals surface area (Å²) in [4.78, 5) is 4.90. The molecule has 0 bridgehead atoms. The fraction of sp³-hybridized carbons (Fsp3) is 0.115. The van der Waals surface area contributed by atoms with Crippen molar-refractivity contribution in [3.05, 3.63) is 235 Å². The van der Waals surface area contributed by atoms with Gasteiger partial charge in [-0.25, -0.2) is 0 Å². The highest BCUT2D eigenvalue weighted by molar-refractivity contribution is 6.10. The van der Waals surface area contributed by atoms with Crippen LogP contribution in [0.4, 0.5) is 28.4 Å². The van der Waals surface area contributed by atoms with Crippen molar-refractivity contribution in [2.75, 3.05) is 9.80 Å². The molecule has 0 atom stereocenters. The zero-order chi connectivity index (χ0) is 44.2. The van der Waals surface area contributed by atoms with Gasteiger partial charge in [-0.2, -0.15) is 0 Å². The van der Waals surface area contributed by atoms with E-state index in [1.807, 2.05) is 0 Å². The molecule has 2 aliphatic heterocycles. The first-order valence-electron chi connectivity index (χ1n) is 22.8. The van der Waals surface area contributed by atoms with Gasteiger partial charge in [0.05, 0.1) is 44.8 Å². The van der Waals surface area contributed by atoms with Crippen molar-refractivity contribution < 1.29 is 0 Å². The Labute approximate surface area is 380 Å². The topological polar surface area (TPSA) is 16.3 Å². The second kappa shape index (κ2) is 14.4. The first-order valence-corrected chi connectivity index (χ1v) is 22.8. The Hall–Kier alpha value is -7.82. The Morgan fingerprint density at radius 1 is 0.415 bits per heavy atom. The molecule has 10 aromatic rings. The molecule has 0 spiro atoms. The molecule has 0 saturated heterocycles. The number of nitrogens with zero attached hydrogens (tertiary/aromatic N) is 4. The highest BCUT2D eigenvalue weighted by atomic mass is 15.2. The van der Waals surface area contributed by atoms with Gasteiger partial charge in [-0.3, -0.25) is 0 Å². The lowest BCUT2D eigenvalue weighted by Crippen LogP contribution is -2.36. The SMILES string of the molecule is C=C(/C=C\C=C/C)N1c2ccc(-n3c4ccccc4c4ccccc43)cc2C(C)(C)c2cc3c(cc21)C(C)(C)c1cc(-n2c4ccccc4c4ccccc42)ccc1N3c1ccccc1. The molecule has 0 N–H and O–H groups in total. The van der Waals surface area contributed by atoms with Crippen LogP contribution in [0.25, 0.3) is 55.0 Å². The zero-order valence-electron chi connectivity index (χ0n) is 37.5. The van der Waals surface area contributed by atoms with Gasteiger partial charge in [-0.15, -0.1) is 0 Å². The molecule has 65 heavy (non-hydrogen) atoms. The predicted molar refractivity (Wildman–Crippen MR) is 276 cm³/mol. The summed E-state index contributed by atoms with van der Waals surface area (Å²) in [7, 11) is 0. The standard InChI is InChI=1S/C61H50N4/c1-7-8-10-21-40(2)62-56-34-32-42(64-52-28-17-13-24-44(52)45-25-14-18-29-53(45)64)36-48(56)60(3,4)50-39-59-51(38-58(50)62)61(5,6)49-37-43(33-35-57(49)63(59)41-22-11-9-12-23-41)65-54-30-19-15-26-46(54)47-27-16-20-31-55(47)65/h7-39H,2H2,1,3-6H3/b8-7-,21-10-. The third-order valence-electron chi connectivity index (χ3n) is 14.3. The fourth-order valence-electron chi connectivity index (χ4n) is 11.1. The molecule has 4 heterocycles. The van der Waals surface area contributed by atoms with E-state index in [0.717, 1.165) is 34.1 Å². The molecule has 0 saturated carbocycles. The molecular weight excluding hydrogens is 789 g/mol. The summed E-state index contributed by atoms with van der Waals surface area (Å²) in [6.45, 7) is 16.4. The minimum Gasteiger partial charge on any atom is -0.310 e. The quantitative estimate of drug-likeness (QED) is 0.155. The van der Waals surface area contributed by atoms with Crippen LogP contribution in [0, 0.1) is 0 Å². The third kappa shape index (κ3) is 5.63. The minimum absolute atomic E-state index is 0.377. The van der Waals surface area contributed by atoms with Gasteiger partial charge in [0.15, 0.2) is 0 Å². The largest absolute Gasteiger partial charge is 0.310 e. The van der Waals surface area contributed by atoms with Crippen molar-refractivity contribution in [2.45, 2.75) is 45.4 Å². The molecule has 0 amide bonds. The summed E-state index contributed by atoms with van der Waals surface area (Å²) in [5.74, 6) is 0. The molecule has 4 nitrogen and oxygen atoms in total. The molecule has 8 aromatic carbocycles. The van der Waals surface area contributed by atoms with E-state index >= 15 is 0 Å². The van der Waals surface area contributed by atoms with E-state index in [2.05, 4.69) is 254 Å². The molecule has 314 valence electrons. The highest BCUT2D eigenvalue weighted by Gasteiger charge is 2.43. The van der Waals surface area contributed by atoms with E-state index in [1.54, 1.807) is 0 Å². The number of para-hydroxylation sites is 5. The lowest BCUT2D eigenvalue weighted by Gasteiger charge is -2.47. The van der Waals surface area contributed by atoms with Crippen LogP contribution < -0.4 is 9.80 Å². The maximum absolute atomic E-state index is 4.77. The minimum atomic E-state index is -0.383. The van der Waals surface area contributed by atoms with Crippen molar-refractivity contribution in [1.29, 1.82) is 0 Å². The lowest BCUT2D eigenvalue weighted by atomic mass is 9.68. The molecule has 12 rings (SSSR count).